The zero-order valence-corrected chi connectivity index (χ0v) is 16.0. The van der Waals surface area contributed by atoms with Gasteiger partial charge in [-0.25, -0.2) is 0 Å². The van der Waals surface area contributed by atoms with Gasteiger partial charge in [0.25, 0.3) is 0 Å². The van der Waals surface area contributed by atoms with E-state index < -0.39 is 0 Å². The van der Waals surface area contributed by atoms with Gasteiger partial charge in [-0.05, 0) is 59.7 Å². The van der Waals surface area contributed by atoms with Crippen LogP contribution in [0.3, 0.4) is 0 Å². The van der Waals surface area contributed by atoms with Crippen LogP contribution in [0.25, 0.3) is 10.8 Å². The van der Waals surface area contributed by atoms with Gasteiger partial charge in [0.1, 0.15) is 0 Å². The summed E-state index contributed by atoms with van der Waals surface area (Å²) in [4.78, 5) is 14.9. The van der Waals surface area contributed by atoms with E-state index in [2.05, 4.69) is 29.2 Å². The molecular weight excluding hydrogens is 344 g/mol. The molecule has 3 heteroatoms. The van der Waals surface area contributed by atoms with Gasteiger partial charge in [-0.15, -0.1) is 0 Å². The van der Waals surface area contributed by atoms with E-state index in [1.54, 1.807) is 0 Å². The Labute approximate surface area is 166 Å². The molecule has 0 N–H and O–H groups in total. The molecule has 3 aromatic carbocycles. The van der Waals surface area contributed by atoms with Crippen LogP contribution in [0.1, 0.15) is 36.0 Å². The first-order valence-corrected chi connectivity index (χ1v) is 9.99. The molecule has 1 fully saturated rings. The summed E-state index contributed by atoms with van der Waals surface area (Å²) in [6, 6.07) is 24.8. The van der Waals surface area contributed by atoms with E-state index in [9.17, 15) is 4.79 Å². The molecule has 140 valence electrons. The van der Waals surface area contributed by atoms with Crippen LogP contribution in [-0.4, -0.2) is 23.4 Å². The molecule has 1 heterocycles. The number of rotatable bonds is 5. The lowest BCUT2D eigenvalue weighted by atomic mass is 9.99. The largest absolute Gasteiger partial charge is 0.339 e. The number of amides is 1. The first-order valence-electron chi connectivity index (χ1n) is 9.99. The van der Waals surface area contributed by atoms with Crippen LogP contribution < -0.4 is 0 Å². The van der Waals surface area contributed by atoms with Crippen molar-refractivity contribution in [2.75, 3.05) is 6.54 Å². The molecule has 0 radical (unpaired) electrons. The van der Waals surface area contributed by atoms with Crippen LogP contribution >= 0.6 is 0 Å². The second-order valence-corrected chi connectivity index (χ2v) is 7.59. The maximum absolute atomic E-state index is 12.8. The van der Waals surface area contributed by atoms with E-state index in [0.29, 0.717) is 18.0 Å². The average Bonchev–Trinajstić information content (AvgIpc) is 3.21. The van der Waals surface area contributed by atoms with E-state index >= 15 is 0 Å². The standard InChI is InChI=1S/C25H24N2O/c26-18-21-9-12-22-15-20(8-11-23(22)16-21)10-13-24-7-4-14-27(24)25(28)17-19-5-2-1-3-6-19/h1-3,5-6,8-9,11-12,15-16,24H,4,7,10,13-14,17H2. The number of hydrogen-bond acceptors (Lipinski definition) is 2. The Balaban J connectivity index is 1.40. The van der Waals surface area contributed by atoms with E-state index in [1.807, 2.05) is 48.5 Å². The molecule has 1 saturated heterocycles. The molecule has 1 amide bonds. The lowest BCUT2D eigenvalue weighted by molar-refractivity contribution is -0.131. The van der Waals surface area contributed by atoms with Crippen molar-refractivity contribution < 1.29 is 4.79 Å². The van der Waals surface area contributed by atoms with Gasteiger partial charge in [0, 0.05) is 12.6 Å². The van der Waals surface area contributed by atoms with Gasteiger partial charge in [-0.2, -0.15) is 5.26 Å². The number of carbonyl (C=O) groups excluding carboxylic acids is 1. The zero-order valence-electron chi connectivity index (χ0n) is 16.0. The third-order valence-electron chi connectivity index (χ3n) is 5.70. The second kappa shape index (κ2) is 8.27. The summed E-state index contributed by atoms with van der Waals surface area (Å²) in [6.07, 6.45) is 4.66. The Kier molecular flexibility index (Phi) is 5.39. The summed E-state index contributed by atoms with van der Waals surface area (Å²) in [7, 11) is 0. The Morgan fingerprint density at radius 1 is 1.00 bits per heavy atom. The smallest absolute Gasteiger partial charge is 0.227 e. The summed E-state index contributed by atoms with van der Waals surface area (Å²) < 4.78 is 0. The number of nitrogens with zero attached hydrogens (tertiary/aromatic N) is 2. The Bertz CT molecular complexity index is 1020. The summed E-state index contributed by atoms with van der Waals surface area (Å²) in [6.45, 7) is 0.880. The number of fused-ring (bicyclic) bond motifs is 1. The van der Waals surface area contributed by atoms with Crippen LogP contribution in [-0.2, 0) is 17.6 Å². The summed E-state index contributed by atoms with van der Waals surface area (Å²) in [5.74, 6) is 0.247. The molecule has 4 rings (SSSR count). The molecule has 0 spiro atoms. The van der Waals surface area contributed by atoms with Gasteiger partial charge in [0.05, 0.1) is 18.1 Å². The van der Waals surface area contributed by atoms with Crippen molar-refractivity contribution in [1.82, 2.24) is 4.90 Å². The van der Waals surface area contributed by atoms with Crippen LogP contribution in [0.4, 0.5) is 0 Å². The van der Waals surface area contributed by atoms with Crippen molar-refractivity contribution >= 4 is 16.7 Å². The number of carbonyl (C=O) groups is 1. The topological polar surface area (TPSA) is 44.1 Å². The van der Waals surface area contributed by atoms with Crippen LogP contribution in [0, 0.1) is 11.3 Å². The second-order valence-electron chi connectivity index (χ2n) is 7.59. The molecule has 1 aliphatic heterocycles. The summed E-state index contributed by atoms with van der Waals surface area (Å²) >= 11 is 0. The molecule has 1 aliphatic rings. The fourth-order valence-electron chi connectivity index (χ4n) is 4.19. The summed E-state index contributed by atoms with van der Waals surface area (Å²) in [5, 5.41) is 11.3. The Morgan fingerprint density at radius 2 is 1.79 bits per heavy atom. The van der Waals surface area contributed by atoms with Crippen molar-refractivity contribution in [2.45, 2.75) is 38.1 Å². The molecule has 0 aromatic heterocycles. The molecule has 3 nitrogen and oxygen atoms in total. The van der Waals surface area contributed by atoms with Gasteiger partial charge in [-0.3, -0.25) is 4.79 Å². The highest BCUT2D eigenvalue weighted by molar-refractivity contribution is 5.84. The lowest BCUT2D eigenvalue weighted by Gasteiger charge is -2.25. The molecule has 0 saturated carbocycles. The van der Waals surface area contributed by atoms with Crippen molar-refractivity contribution in [3.05, 3.63) is 83.4 Å². The van der Waals surface area contributed by atoms with Gasteiger partial charge >= 0.3 is 0 Å². The first kappa shape index (κ1) is 18.3. The highest BCUT2D eigenvalue weighted by Crippen LogP contribution is 2.24. The third kappa shape index (κ3) is 4.07. The maximum atomic E-state index is 12.8. The van der Waals surface area contributed by atoms with Gasteiger partial charge in [0.15, 0.2) is 0 Å². The van der Waals surface area contributed by atoms with E-state index in [0.717, 1.165) is 43.2 Å². The number of hydrogen-bond donors (Lipinski definition) is 0. The molecular formula is C25H24N2O. The van der Waals surface area contributed by atoms with Gasteiger partial charge < -0.3 is 4.90 Å². The highest BCUT2D eigenvalue weighted by Gasteiger charge is 2.28. The number of likely N-dealkylation sites (tertiary alicyclic amines) is 1. The van der Waals surface area contributed by atoms with Crippen LogP contribution in [0.15, 0.2) is 66.7 Å². The van der Waals surface area contributed by atoms with E-state index in [4.69, 9.17) is 5.26 Å². The number of nitriles is 1. The normalized spacial score (nSPS) is 16.2. The van der Waals surface area contributed by atoms with Crippen molar-refractivity contribution in [1.29, 1.82) is 5.26 Å². The molecule has 1 unspecified atom stereocenters. The van der Waals surface area contributed by atoms with Crippen LogP contribution in [0.5, 0.6) is 0 Å². The molecule has 3 aromatic rings. The third-order valence-corrected chi connectivity index (χ3v) is 5.70. The predicted octanol–water partition coefficient (Wildman–Crippen LogP) is 4.88. The molecule has 1 atom stereocenters. The fourth-order valence-corrected chi connectivity index (χ4v) is 4.19. The first-order chi connectivity index (χ1) is 13.7. The quantitative estimate of drug-likeness (QED) is 0.644. The predicted molar refractivity (Wildman–Crippen MR) is 112 cm³/mol. The highest BCUT2D eigenvalue weighted by atomic mass is 16.2. The van der Waals surface area contributed by atoms with Crippen molar-refractivity contribution in [2.24, 2.45) is 0 Å². The zero-order chi connectivity index (χ0) is 19.3. The van der Waals surface area contributed by atoms with Crippen LogP contribution in [0.2, 0.25) is 0 Å². The average molecular weight is 368 g/mol. The lowest BCUT2D eigenvalue weighted by Crippen LogP contribution is -2.36. The van der Waals surface area contributed by atoms with Gasteiger partial charge in [-0.1, -0.05) is 54.6 Å². The Hall–Kier alpha value is -3.12. The SMILES string of the molecule is N#Cc1ccc2cc(CCC3CCCN3C(=O)Cc3ccccc3)ccc2c1. The molecule has 28 heavy (non-hydrogen) atoms. The molecule has 0 bridgehead atoms. The minimum Gasteiger partial charge on any atom is -0.339 e. The minimum absolute atomic E-state index is 0.247. The molecule has 0 aliphatic carbocycles. The number of benzene rings is 3. The van der Waals surface area contributed by atoms with Gasteiger partial charge in [0.2, 0.25) is 5.91 Å². The fraction of sp³-hybridized carbons (Fsp3) is 0.280. The van der Waals surface area contributed by atoms with E-state index in [-0.39, 0.29) is 5.91 Å². The minimum atomic E-state index is 0.247. The van der Waals surface area contributed by atoms with Crippen molar-refractivity contribution in [3.63, 3.8) is 0 Å². The van der Waals surface area contributed by atoms with E-state index in [1.165, 1.54) is 10.9 Å². The summed E-state index contributed by atoms with van der Waals surface area (Å²) in [5.41, 5.74) is 3.07. The Morgan fingerprint density at radius 3 is 2.61 bits per heavy atom. The maximum Gasteiger partial charge on any atom is 0.227 e. The van der Waals surface area contributed by atoms with Crippen molar-refractivity contribution in [3.8, 4) is 6.07 Å². The monoisotopic (exact) mass is 368 g/mol. The number of aryl methyl sites for hydroxylation is 1.